The van der Waals surface area contributed by atoms with Gasteiger partial charge in [0.25, 0.3) is 0 Å². The monoisotopic (exact) mass is 438 g/mol. The number of aryl methyl sites for hydroxylation is 1. The molecule has 9 heteroatoms. The van der Waals surface area contributed by atoms with Gasteiger partial charge in [-0.2, -0.15) is 5.10 Å². The predicted octanol–water partition coefficient (Wildman–Crippen LogP) is 3.92. The van der Waals surface area contributed by atoms with Crippen molar-refractivity contribution in [2.75, 3.05) is 16.4 Å². The van der Waals surface area contributed by atoms with Gasteiger partial charge in [0.05, 0.1) is 22.8 Å². The van der Waals surface area contributed by atoms with E-state index >= 15 is 0 Å². The van der Waals surface area contributed by atoms with Crippen LogP contribution in [0.5, 0.6) is 0 Å². The van der Waals surface area contributed by atoms with Gasteiger partial charge < -0.3 is 21.5 Å². The average molecular weight is 438 g/mol. The Balaban J connectivity index is 1.34. The molecule has 0 saturated carbocycles. The van der Waals surface area contributed by atoms with E-state index in [1.807, 2.05) is 67.6 Å². The van der Waals surface area contributed by atoms with Crippen molar-refractivity contribution in [3.63, 3.8) is 0 Å². The Labute approximate surface area is 190 Å². The summed E-state index contributed by atoms with van der Waals surface area (Å²) in [5.74, 6) is 0.446. The van der Waals surface area contributed by atoms with Crippen molar-refractivity contribution in [3.05, 3.63) is 90.4 Å². The molecule has 164 valence electrons. The summed E-state index contributed by atoms with van der Waals surface area (Å²) in [6.07, 6.45) is 2.52. The van der Waals surface area contributed by atoms with Crippen molar-refractivity contribution >= 4 is 28.7 Å². The summed E-state index contributed by atoms with van der Waals surface area (Å²) >= 11 is 0. The Morgan fingerprint density at radius 3 is 2.58 bits per heavy atom. The number of aliphatic hydroxyl groups is 1. The summed E-state index contributed by atoms with van der Waals surface area (Å²) in [5.41, 5.74) is 11.8. The standard InChI is InChI=1S/C24H22N8O/c1-15-22(32-21(28-15)7-4-13-27-32)20-12-14-26-24(31-20)29-17-10-8-16(9-11-17)23(33)30-19-6-3-2-5-18(19)25/h2-14,23,30,33H,25H2,1H3,(H,26,29,31). The summed E-state index contributed by atoms with van der Waals surface area (Å²) in [5, 5.41) is 21.1. The molecule has 0 spiro atoms. The highest BCUT2D eigenvalue weighted by molar-refractivity contribution is 5.67. The maximum atomic E-state index is 10.5. The molecule has 5 aromatic rings. The summed E-state index contributed by atoms with van der Waals surface area (Å²) < 4.78 is 1.77. The second kappa shape index (κ2) is 8.56. The number of imidazole rings is 1. The first-order valence-corrected chi connectivity index (χ1v) is 10.4. The third-order valence-electron chi connectivity index (χ3n) is 5.20. The van der Waals surface area contributed by atoms with Crippen LogP contribution in [-0.4, -0.2) is 29.7 Å². The lowest BCUT2D eigenvalue weighted by atomic mass is 10.1. The van der Waals surface area contributed by atoms with Crippen LogP contribution in [0.15, 0.2) is 79.1 Å². The fourth-order valence-corrected chi connectivity index (χ4v) is 3.58. The number of rotatable bonds is 6. The number of aliphatic hydroxyl groups excluding tert-OH is 1. The van der Waals surface area contributed by atoms with Crippen LogP contribution in [0.4, 0.5) is 23.0 Å². The van der Waals surface area contributed by atoms with Gasteiger partial charge in [-0.1, -0.05) is 24.3 Å². The Morgan fingerprint density at radius 1 is 0.939 bits per heavy atom. The highest BCUT2D eigenvalue weighted by Gasteiger charge is 2.14. The smallest absolute Gasteiger partial charge is 0.227 e. The van der Waals surface area contributed by atoms with Gasteiger partial charge in [0.1, 0.15) is 5.69 Å². The number of hydrogen-bond acceptors (Lipinski definition) is 8. The second-order valence-electron chi connectivity index (χ2n) is 7.49. The van der Waals surface area contributed by atoms with E-state index in [4.69, 9.17) is 5.73 Å². The number of benzene rings is 2. The molecule has 1 unspecified atom stereocenters. The third-order valence-corrected chi connectivity index (χ3v) is 5.20. The molecule has 0 fully saturated rings. The van der Waals surface area contributed by atoms with Crippen molar-refractivity contribution in [1.29, 1.82) is 0 Å². The summed E-state index contributed by atoms with van der Waals surface area (Å²) in [6, 6.07) is 20.2. The first kappa shape index (κ1) is 20.4. The maximum Gasteiger partial charge on any atom is 0.227 e. The zero-order valence-electron chi connectivity index (χ0n) is 17.8. The van der Waals surface area contributed by atoms with Crippen LogP contribution in [0.1, 0.15) is 17.5 Å². The largest absolute Gasteiger partial charge is 0.397 e. The topological polar surface area (TPSA) is 126 Å². The van der Waals surface area contributed by atoms with Crippen molar-refractivity contribution in [2.24, 2.45) is 0 Å². The first-order valence-electron chi connectivity index (χ1n) is 10.4. The molecule has 3 heterocycles. The van der Waals surface area contributed by atoms with Gasteiger partial charge >= 0.3 is 0 Å². The number of nitrogens with one attached hydrogen (secondary N) is 2. The number of anilines is 4. The summed E-state index contributed by atoms with van der Waals surface area (Å²) in [4.78, 5) is 13.5. The molecule has 0 radical (unpaired) electrons. The molecule has 0 bridgehead atoms. The van der Waals surface area contributed by atoms with Crippen LogP contribution in [0.25, 0.3) is 17.0 Å². The minimum absolute atomic E-state index is 0.446. The van der Waals surface area contributed by atoms with Crippen molar-refractivity contribution in [2.45, 2.75) is 13.2 Å². The number of nitrogens with two attached hydrogens (primary N) is 1. The lowest BCUT2D eigenvalue weighted by Gasteiger charge is -2.16. The Kier molecular flexibility index (Phi) is 5.29. The van der Waals surface area contributed by atoms with E-state index < -0.39 is 6.23 Å². The molecule has 5 N–H and O–H groups in total. The quantitative estimate of drug-likeness (QED) is 0.232. The predicted molar refractivity (Wildman–Crippen MR) is 128 cm³/mol. The normalized spacial score (nSPS) is 11.9. The summed E-state index contributed by atoms with van der Waals surface area (Å²) in [7, 11) is 0. The maximum absolute atomic E-state index is 10.5. The number of para-hydroxylation sites is 2. The molecule has 0 saturated heterocycles. The van der Waals surface area contributed by atoms with E-state index in [9.17, 15) is 5.11 Å². The zero-order chi connectivity index (χ0) is 22.8. The van der Waals surface area contributed by atoms with Gasteiger partial charge in [-0.15, -0.1) is 0 Å². The molecule has 1 atom stereocenters. The highest BCUT2D eigenvalue weighted by Crippen LogP contribution is 2.25. The molecule has 0 aliphatic heterocycles. The van der Waals surface area contributed by atoms with Gasteiger partial charge in [0.2, 0.25) is 5.95 Å². The number of nitrogen functional groups attached to an aromatic ring is 1. The van der Waals surface area contributed by atoms with Crippen LogP contribution < -0.4 is 16.4 Å². The van der Waals surface area contributed by atoms with E-state index in [-0.39, 0.29) is 0 Å². The Bertz CT molecular complexity index is 1410. The number of nitrogens with zero attached hydrogens (tertiary/aromatic N) is 5. The fourth-order valence-electron chi connectivity index (χ4n) is 3.58. The van der Waals surface area contributed by atoms with Gasteiger partial charge in [-0.3, -0.25) is 0 Å². The van der Waals surface area contributed by atoms with E-state index in [1.54, 1.807) is 23.0 Å². The van der Waals surface area contributed by atoms with Crippen LogP contribution in [0.2, 0.25) is 0 Å². The van der Waals surface area contributed by atoms with E-state index in [1.165, 1.54) is 0 Å². The Morgan fingerprint density at radius 2 is 1.76 bits per heavy atom. The SMILES string of the molecule is Cc1nc2cccnn2c1-c1ccnc(Nc2ccc(C(O)Nc3ccccc3N)cc2)n1. The van der Waals surface area contributed by atoms with Crippen LogP contribution in [0, 0.1) is 6.92 Å². The second-order valence-corrected chi connectivity index (χ2v) is 7.49. The minimum Gasteiger partial charge on any atom is -0.397 e. The van der Waals surface area contributed by atoms with Gasteiger partial charge in [-0.05, 0) is 49.4 Å². The summed E-state index contributed by atoms with van der Waals surface area (Å²) in [6.45, 7) is 1.93. The van der Waals surface area contributed by atoms with E-state index in [0.29, 0.717) is 28.6 Å². The molecule has 33 heavy (non-hydrogen) atoms. The number of hydrogen-bond donors (Lipinski definition) is 4. The van der Waals surface area contributed by atoms with Crippen molar-refractivity contribution < 1.29 is 5.11 Å². The van der Waals surface area contributed by atoms with Crippen molar-refractivity contribution in [1.82, 2.24) is 24.6 Å². The minimum atomic E-state index is -0.894. The zero-order valence-corrected chi connectivity index (χ0v) is 17.8. The van der Waals surface area contributed by atoms with Gasteiger partial charge in [-0.25, -0.2) is 19.5 Å². The van der Waals surface area contributed by atoms with Gasteiger partial charge in [0.15, 0.2) is 11.9 Å². The molecule has 9 nitrogen and oxygen atoms in total. The molecule has 0 amide bonds. The Hall–Kier alpha value is -4.50. The number of aromatic nitrogens is 5. The van der Waals surface area contributed by atoms with E-state index in [2.05, 4.69) is 30.7 Å². The fraction of sp³-hybridized carbons (Fsp3) is 0.0833. The number of fused-ring (bicyclic) bond motifs is 1. The lowest BCUT2D eigenvalue weighted by molar-refractivity contribution is 0.208. The van der Waals surface area contributed by atoms with Crippen LogP contribution in [0.3, 0.4) is 0 Å². The first-order chi connectivity index (χ1) is 16.1. The van der Waals surface area contributed by atoms with Crippen LogP contribution >= 0.6 is 0 Å². The molecule has 3 aromatic heterocycles. The van der Waals surface area contributed by atoms with Gasteiger partial charge in [0, 0.05) is 23.6 Å². The highest BCUT2D eigenvalue weighted by atomic mass is 16.3. The van der Waals surface area contributed by atoms with E-state index in [0.717, 1.165) is 22.7 Å². The molecule has 2 aromatic carbocycles. The molecular formula is C24H22N8O. The van der Waals surface area contributed by atoms with Crippen LogP contribution in [-0.2, 0) is 0 Å². The molecule has 0 aliphatic carbocycles. The van der Waals surface area contributed by atoms with Crippen molar-refractivity contribution in [3.8, 4) is 11.4 Å². The lowest BCUT2D eigenvalue weighted by Crippen LogP contribution is -2.11. The molecule has 5 rings (SSSR count). The average Bonchev–Trinajstić information content (AvgIpc) is 3.17. The molecular weight excluding hydrogens is 416 g/mol. The molecule has 0 aliphatic rings. The third kappa shape index (κ3) is 4.17.